The molecule has 2 atom stereocenters. The number of β-amino-alcohol motifs (C(OH)–C–C–N with tert-alkyl or cyclic N) is 1. The summed E-state index contributed by atoms with van der Waals surface area (Å²) in [6.07, 6.45) is 1.42. The molecular weight excluding hydrogens is 366 g/mol. The van der Waals surface area contributed by atoms with Gasteiger partial charge >= 0.3 is 0 Å². The molecule has 0 radical (unpaired) electrons. The number of carbonyl (C=O) groups is 1. The number of methoxy groups -OCH3 is 1. The van der Waals surface area contributed by atoms with Crippen molar-refractivity contribution in [2.45, 2.75) is 16.4 Å². The summed E-state index contributed by atoms with van der Waals surface area (Å²) in [5.74, 6) is 0.774. The fourth-order valence-electron chi connectivity index (χ4n) is 3.73. The van der Waals surface area contributed by atoms with Gasteiger partial charge in [-0.05, 0) is 17.7 Å². The Hall–Kier alpha value is -1.94. The van der Waals surface area contributed by atoms with Crippen LogP contribution in [0.1, 0.15) is 16.4 Å². The number of rotatable bonds is 6. The Labute approximate surface area is 162 Å². The summed E-state index contributed by atoms with van der Waals surface area (Å²) in [4.78, 5) is 21.8. The quantitative estimate of drug-likeness (QED) is 0.775. The maximum absolute atomic E-state index is 13.0. The third-order valence-corrected chi connectivity index (χ3v) is 6.36. The van der Waals surface area contributed by atoms with Gasteiger partial charge in [0.25, 0.3) is 5.91 Å². The number of benzene rings is 1. The van der Waals surface area contributed by atoms with E-state index in [0.717, 1.165) is 37.5 Å². The molecule has 0 spiro atoms. The zero-order chi connectivity index (χ0) is 18.8. The molecule has 9 heteroatoms. The van der Waals surface area contributed by atoms with Crippen LogP contribution in [-0.4, -0.2) is 87.3 Å². The lowest BCUT2D eigenvalue weighted by Crippen LogP contribution is -2.50. The lowest BCUT2D eigenvalue weighted by Gasteiger charge is -2.40. The molecule has 27 heavy (non-hydrogen) atoms. The van der Waals surface area contributed by atoms with Gasteiger partial charge in [0.05, 0.1) is 19.8 Å². The Morgan fingerprint density at radius 2 is 2.00 bits per heavy atom. The molecule has 3 heterocycles. The average molecular weight is 389 g/mol. The average Bonchev–Trinajstić information content (AvgIpc) is 3.28. The second-order valence-corrected chi connectivity index (χ2v) is 7.76. The van der Waals surface area contributed by atoms with E-state index in [0.29, 0.717) is 11.7 Å². The Kier molecular flexibility index (Phi) is 5.44. The first-order chi connectivity index (χ1) is 13.2. The molecule has 0 bridgehead atoms. The number of aliphatic hydroxyl groups excluding tert-OH is 1. The largest absolute Gasteiger partial charge is 0.497 e. The first-order valence-corrected chi connectivity index (χ1v) is 9.91. The molecule has 0 amide bonds. The van der Waals surface area contributed by atoms with E-state index >= 15 is 0 Å². The van der Waals surface area contributed by atoms with Crippen LogP contribution < -0.4 is 4.74 Å². The van der Waals surface area contributed by atoms with E-state index < -0.39 is 0 Å². The van der Waals surface area contributed by atoms with Crippen LogP contribution in [0.25, 0.3) is 0 Å². The molecule has 2 aliphatic rings. The monoisotopic (exact) mass is 389 g/mol. The number of nitrogens with zero attached hydrogens (tertiary/aromatic N) is 5. The van der Waals surface area contributed by atoms with E-state index in [2.05, 4.69) is 19.9 Å². The number of piperazine rings is 1. The van der Waals surface area contributed by atoms with Crippen LogP contribution in [0.3, 0.4) is 0 Å². The maximum Gasteiger partial charge on any atom is 0.264 e. The van der Waals surface area contributed by atoms with Gasteiger partial charge in [-0.2, -0.15) is 9.78 Å². The molecule has 1 N–H and O–H groups in total. The minimum Gasteiger partial charge on any atom is -0.497 e. The standard InChI is InChI=1S/C18H23N5O3S/c1-26-14-4-2-13(3-5-14)15(22-8-6-21(7-9-22)10-11-24)16-17(25)23-18(27-16)19-12-20-23/h2-5,12,15-16,24H,6-11H2,1H3/t15-,16?/m1/s1. The lowest BCUT2D eigenvalue weighted by molar-refractivity contribution is 0.0689. The van der Waals surface area contributed by atoms with Gasteiger partial charge in [0.1, 0.15) is 17.3 Å². The van der Waals surface area contributed by atoms with Crippen LogP contribution in [-0.2, 0) is 0 Å². The second-order valence-electron chi connectivity index (χ2n) is 6.65. The van der Waals surface area contributed by atoms with Gasteiger partial charge in [0.15, 0.2) is 5.16 Å². The molecule has 2 aliphatic heterocycles. The number of aromatic nitrogens is 3. The number of ether oxygens (including phenoxy) is 1. The minimum atomic E-state index is -0.279. The zero-order valence-electron chi connectivity index (χ0n) is 15.2. The van der Waals surface area contributed by atoms with Gasteiger partial charge in [0.2, 0.25) is 0 Å². The summed E-state index contributed by atoms with van der Waals surface area (Å²) in [6, 6.07) is 7.88. The van der Waals surface area contributed by atoms with Crippen molar-refractivity contribution in [3.63, 3.8) is 0 Å². The minimum absolute atomic E-state index is 0.0221. The molecule has 1 aromatic carbocycles. The number of hydrogen-bond acceptors (Lipinski definition) is 8. The van der Waals surface area contributed by atoms with Gasteiger partial charge in [-0.3, -0.25) is 14.6 Å². The fraction of sp³-hybridized carbons (Fsp3) is 0.500. The van der Waals surface area contributed by atoms with Crippen LogP contribution in [0.2, 0.25) is 0 Å². The topological polar surface area (TPSA) is 83.7 Å². The number of thioether (sulfide) groups is 1. The zero-order valence-corrected chi connectivity index (χ0v) is 16.0. The van der Waals surface area contributed by atoms with Crippen LogP contribution in [0.15, 0.2) is 35.7 Å². The molecule has 1 unspecified atom stereocenters. The predicted octanol–water partition coefficient (Wildman–Crippen LogP) is 0.752. The SMILES string of the molecule is COc1ccc([C@H](C2Sc3ncnn3C2=O)N2CCN(CCO)CC2)cc1. The first kappa shape index (κ1) is 18.4. The number of fused-ring (bicyclic) bond motifs is 1. The summed E-state index contributed by atoms with van der Waals surface area (Å²) in [7, 11) is 1.65. The Morgan fingerprint density at radius 1 is 1.26 bits per heavy atom. The number of carbonyl (C=O) groups excluding carboxylic acids is 1. The molecule has 4 rings (SSSR count). The molecule has 2 aromatic rings. The van der Waals surface area contributed by atoms with Crippen LogP contribution in [0.5, 0.6) is 5.75 Å². The highest BCUT2D eigenvalue weighted by atomic mass is 32.2. The highest BCUT2D eigenvalue weighted by molar-refractivity contribution is 8.00. The molecule has 144 valence electrons. The van der Waals surface area contributed by atoms with Crippen molar-refractivity contribution in [2.24, 2.45) is 0 Å². The van der Waals surface area contributed by atoms with E-state index in [1.807, 2.05) is 24.3 Å². The Morgan fingerprint density at radius 3 is 2.63 bits per heavy atom. The van der Waals surface area contributed by atoms with Gasteiger partial charge in [0, 0.05) is 32.7 Å². The normalized spacial score (nSPS) is 22.0. The van der Waals surface area contributed by atoms with Crippen molar-refractivity contribution in [3.05, 3.63) is 36.2 Å². The van der Waals surface area contributed by atoms with Gasteiger partial charge < -0.3 is 9.84 Å². The summed E-state index contributed by atoms with van der Waals surface area (Å²) in [5, 5.41) is 13.6. The van der Waals surface area contributed by atoms with Crippen molar-refractivity contribution in [1.29, 1.82) is 0 Å². The summed E-state index contributed by atoms with van der Waals surface area (Å²) in [6.45, 7) is 4.31. The molecule has 0 aliphatic carbocycles. The van der Waals surface area contributed by atoms with Gasteiger partial charge in [-0.15, -0.1) is 0 Å². The third kappa shape index (κ3) is 3.60. The van der Waals surface area contributed by atoms with E-state index in [1.165, 1.54) is 22.8 Å². The van der Waals surface area contributed by atoms with E-state index in [-0.39, 0.29) is 23.8 Å². The van der Waals surface area contributed by atoms with Crippen molar-refractivity contribution in [2.75, 3.05) is 46.4 Å². The van der Waals surface area contributed by atoms with Crippen LogP contribution in [0, 0.1) is 0 Å². The molecule has 1 aromatic heterocycles. The van der Waals surface area contributed by atoms with Crippen molar-refractivity contribution < 1.29 is 14.6 Å². The van der Waals surface area contributed by atoms with Crippen LogP contribution in [0.4, 0.5) is 0 Å². The van der Waals surface area contributed by atoms with E-state index in [9.17, 15) is 9.90 Å². The summed E-state index contributed by atoms with van der Waals surface area (Å²) < 4.78 is 6.69. The summed E-state index contributed by atoms with van der Waals surface area (Å²) in [5.41, 5.74) is 1.09. The van der Waals surface area contributed by atoms with Gasteiger partial charge in [-0.1, -0.05) is 23.9 Å². The molecule has 0 saturated carbocycles. The third-order valence-electron chi connectivity index (χ3n) is 5.16. The fourth-order valence-corrected chi connectivity index (χ4v) is 4.96. The van der Waals surface area contributed by atoms with Crippen molar-refractivity contribution in [1.82, 2.24) is 24.6 Å². The Bertz CT molecular complexity index is 789. The van der Waals surface area contributed by atoms with Gasteiger partial charge in [-0.25, -0.2) is 4.98 Å². The maximum atomic E-state index is 13.0. The first-order valence-electron chi connectivity index (χ1n) is 9.03. The highest BCUT2D eigenvalue weighted by Crippen LogP contribution is 2.41. The predicted molar refractivity (Wildman–Crippen MR) is 101 cm³/mol. The molecular formula is C18H23N5O3S. The van der Waals surface area contributed by atoms with Crippen molar-refractivity contribution >= 4 is 17.7 Å². The molecule has 1 fully saturated rings. The van der Waals surface area contributed by atoms with Crippen molar-refractivity contribution in [3.8, 4) is 5.75 Å². The summed E-state index contributed by atoms with van der Waals surface area (Å²) >= 11 is 1.48. The van der Waals surface area contributed by atoms with Crippen LogP contribution >= 0.6 is 11.8 Å². The Balaban J connectivity index is 1.60. The number of hydrogen-bond donors (Lipinski definition) is 1. The second kappa shape index (κ2) is 7.97. The highest BCUT2D eigenvalue weighted by Gasteiger charge is 2.43. The lowest BCUT2D eigenvalue weighted by atomic mass is 9.99. The van der Waals surface area contributed by atoms with E-state index in [4.69, 9.17) is 4.74 Å². The smallest absolute Gasteiger partial charge is 0.264 e. The molecule has 1 saturated heterocycles. The van der Waals surface area contributed by atoms with E-state index in [1.54, 1.807) is 7.11 Å². The molecule has 8 nitrogen and oxygen atoms in total. The number of aliphatic hydroxyl groups is 1.